The largest absolute Gasteiger partial charge is 0.480 e. The number of aryl methyl sites for hydroxylation is 1. The average Bonchev–Trinajstić information content (AvgIpc) is 2.70. The normalized spacial score (nSPS) is 21.1. The molecule has 0 aromatic carbocycles. The standard InChI is InChI=1S/C10H15N3O/c1-7-10(14-2)12-6-9(13-7)8-3-4-11-5-8/h6,8,11H,3-5H2,1-2H3. The molecule has 1 aliphatic heterocycles. The fraction of sp³-hybridized carbons (Fsp3) is 0.600. The Morgan fingerprint density at radius 1 is 1.57 bits per heavy atom. The van der Waals surface area contributed by atoms with Crippen molar-refractivity contribution in [2.45, 2.75) is 19.3 Å². The second kappa shape index (κ2) is 3.92. The van der Waals surface area contributed by atoms with Crippen molar-refractivity contribution in [2.75, 3.05) is 20.2 Å². The maximum atomic E-state index is 5.07. The minimum absolute atomic E-state index is 0.520. The number of hydrogen-bond acceptors (Lipinski definition) is 4. The van der Waals surface area contributed by atoms with Crippen LogP contribution in [-0.4, -0.2) is 30.2 Å². The first kappa shape index (κ1) is 9.40. The second-order valence-corrected chi connectivity index (χ2v) is 3.58. The van der Waals surface area contributed by atoms with E-state index >= 15 is 0 Å². The molecule has 1 N–H and O–H groups in total. The van der Waals surface area contributed by atoms with Crippen LogP contribution >= 0.6 is 0 Å². The predicted octanol–water partition coefficient (Wildman–Crippen LogP) is 0.871. The number of hydrogen-bond donors (Lipinski definition) is 1. The van der Waals surface area contributed by atoms with Crippen LogP contribution in [0, 0.1) is 6.92 Å². The Balaban J connectivity index is 2.23. The molecule has 0 radical (unpaired) electrons. The van der Waals surface area contributed by atoms with Crippen molar-refractivity contribution in [3.63, 3.8) is 0 Å². The molecule has 1 atom stereocenters. The van der Waals surface area contributed by atoms with Crippen LogP contribution in [0.4, 0.5) is 0 Å². The lowest BCUT2D eigenvalue weighted by atomic mass is 10.1. The maximum absolute atomic E-state index is 5.07. The van der Waals surface area contributed by atoms with Gasteiger partial charge in [-0.05, 0) is 19.9 Å². The molecule has 1 saturated heterocycles. The molecule has 1 aromatic heterocycles. The molecular formula is C10H15N3O. The molecule has 14 heavy (non-hydrogen) atoms. The zero-order valence-corrected chi connectivity index (χ0v) is 8.58. The van der Waals surface area contributed by atoms with Crippen LogP contribution < -0.4 is 10.1 Å². The van der Waals surface area contributed by atoms with Gasteiger partial charge >= 0.3 is 0 Å². The van der Waals surface area contributed by atoms with Crippen LogP contribution in [0.5, 0.6) is 5.88 Å². The first-order chi connectivity index (χ1) is 6.81. The zero-order valence-electron chi connectivity index (χ0n) is 8.58. The van der Waals surface area contributed by atoms with E-state index in [2.05, 4.69) is 15.3 Å². The van der Waals surface area contributed by atoms with E-state index in [1.807, 2.05) is 13.1 Å². The molecule has 76 valence electrons. The monoisotopic (exact) mass is 193 g/mol. The van der Waals surface area contributed by atoms with Gasteiger partial charge in [0, 0.05) is 12.5 Å². The van der Waals surface area contributed by atoms with Crippen molar-refractivity contribution in [1.82, 2.24) is 15.3 Å². The van der Waals surface area contributed by atoms with Gasteiger partial charge < -0.3 is 10.1 Å². The van der Waals surface area contributed by atoms with E-state index < -0.39 is 0 Å². The van der Waals surface area contributed by atoms with Crippen molar-refractivity contribution < 1.29 is 4.74 Å². The summed E-state index contributed by atoms with van der Waals surface area (Å²) in [5.74, 6) is 1.15. The predicted molar refractivity (Wildman–Crippen MR) is 53.5 cm³/mol. The van der Waals surface area contributed by atoms with E-state index in [0.717, 1.165) is 30.9 Å². The molecule has 4 heteroatoms. The maximum Gasteiger partial charge on any atom is 0.235 e. The van der Waals surface area contributed by atoms with E-state index in [1.165, 1.54) is 0 Å². The molecule has 1 aromatic rings. The van der Waals surface area contributed by atoms with E-state index in [9.17, 15) is 0 Å². The Labute approximate surface area is 83.7 Å². The molecular weight excluding hydrogens is 178 g/mol. The van der Waals surface area contributed by atoms with Crippen LogP contribution in [0.3, 0.4) is 0 Å². The van der Waals surface area contributed by atoms with Crippen molar-refractivity contribution in [2.24, 2.45) is 0 Å². The third-order valence-corrected chi connectivity index (χ3v) is 2.59. The number of rotatable bonds is 2. The van der Waals surface area contributed by atoms with Crippen molar-refractivity contribution >= 4 is 0 Å². The molecule has 1 aliphatic rings. The van der Waals surface area contributed by atoms with Gasteiger partial charge in [0.15, 0.2) is 0 Å². The minimum atomic E-state index is 0.520. The zero-order chi connectivity index (χ0) is 9.97. The van der Waals surface area contributed by atoms with E-state index in [0.29, 0.717) is 11.8 Å². The van der Waals surface area contributed by atoms with Gasteiger partial charge in [-0.15, -0.1) is 0 Å². The lowest BCUT2D eigenvalue weighted by Crippen LogP contribution is -2.10. The molecule has 0 amide bonds. The summed E-state index contributed by atoms with van der Waals surface area (Å²) >= 11 is 0. The summed E-state index contributed by atoms with van der Waals surface area (Å²) in [7, 11) is 1.62. The van der Waals surface area contributed by atoms with Gasteiger partial charge in [-0.3, -0.25) is 4.98 Å². The smallest absolute Gasteiger partial charge is 0.235 e. The highest BCUT2D eigenvalue weighted by Crippen LogP contribution is 2.21. The Morgan fingerprint density at radius 2 is 2.43 bits per heavy atom. The Bertz CT molecular complexity index is 321. The highest BCUT2D eigenvalue weighted by molar-refractivity contribution is 5.20. The topological polar surface area (TPSA) is 47.0 Å². The number of aromatic nitrogens is 2. The third-order valence-electron chi connectivity index (χ3n) is 2.59. The van der Waals surface area contributed by atoms with Crippen molar-refractivity contribution in [3.05, 3.63) is 17.6 Å². The Hall–Kier alpha value is -1.16. The molecule has 1 unspecified atom stereocenters. The fourth-order valence-corrected chi connectivity index (χ4v) is 1.79. The number of methoxy groups -OCH3 is 1. The highest BCUT2D eigenvalue weighted by Gasteiger charge is 2.18. The molecule has 0 spiro atoms. The summed E-state index contributed by atoms with van der Waals surface area (Å²) in [6.45, 7) is 4.02. The molecule has 2 heterocycles. The SMILES string of the molecule is COc1ncc(C2CCNC2)nc1C. The van der Waals surface area contributed by atoms with E-state index in [4.69, 9.17) is 4.74 Å². The van der Waals surface area contributed by atoms with Gasteiger partial charge in [0.25, 0.3) is 0 Å². The average molecular weight is 193 g/mol. The van der Waals surface area contributed by atoms with Crippen LogP contribution in [0.25, 0.3) is 0 Å². The minimum Gasteiger partial charge on any atom is -0.480 e. The van der Waals surface area contributed by atoms with Gasteiger partial charge in [-0.25, -0.2) is 4.98 Å². The summed E-state index contributed by atoms with van der Waals surface area (Å²) in [5, 5.41) is 3.32. The lowest BCUT2D eigenvalue weighted by molar-refractivity contribution is 0.390. The summed E-state index contributed by atoms with van der Waals surface area (Å²) in [6, 6.07) is 0. The summed E-state index contributed by atoms with van der Waals surface area (Å²) in [6.07, 6.45) is 2.98. The Kier molecular flexibility index (Phi) is 2.63. The summed E-state index contributed by atoms with van der Waals surface area (Å²) in [5.41, 5.74) is 1.95. The van der Waals surface area contributed by atoms with Crippen LogP contribution in [0.15, 0.2) is 6.20 Å². The summed E-state index contributed by atoms with van der Waals surface area (Å²) in [4.78, 5) is 8.73. The van der Waals surface area contributed by atoms with Crippen LogP contribution in [0.2, 0.25) is 0 Å². The quantitative estimate of drug-likeness (QED) is 0.757. The molecule has 0 bridgehead atoms. The molecule has 1 fully saturated rings. The third kappa shape index (κ3) is 1.70. The van der Waals surface area contributed by atoms with Crippen molar-refractivity contribution in [3.8, 4) is 5.88 Å². The Morgan fingerprint density at radius 3 is 3.00 bits per heavy atom. The van der Waals surface area contributed by atoms with Gasteiger partial charge in [0.1, 0.15) is 0 Å². The van der Waals surface area contributed by atoms with Crippen LogP contribution in [-0.2, 0) is 0 Å². The van der Waals surface area contributed by atoms with Gasteiger partial charge in [-0.1, -0.05) is 0 Å². The molecule has 4 nitrogen and oxygen atoms in total. The first-order valence-corrected chi connectivity index (χ1v) is 4.89. The van der Waals surface area contributed by atoms with E-state index in [1.54, 1.807) is 7.11 Å². The lowest BCUT2D eigenvalue weighted by Gasteiger charge is -2.09. The highest BCUT2D eigenvalue weighted by atomic mass is 16.5. The summed E-state index contributed by atoms with van der Waals surface area (Å²) < 4.78 is 5.07. The van der Waals surface area contributed by atoms with Gasteiger partial charge in [0.05, 0.1) is 24.7 Å². The number of ether oxygens (including phenoxy) is 1. The fourth-order valence-electron chi connectivity index (χ4n) is 1.79. The van der Waals surface area contributed by atoms with Gasteiger partial charge in [0.2, 0.25) is 5.88 Å². The van der Waals surface area contributed by atoms with Crippen LogP contribution in [0.1, 0.15) is 23.7 Å². The molecule has 2 rings (SSSR count). The second-order valence-electron chi connectivity index (χ2n) is 3.58. The van der Waals surface area contributed by atoms with Gasteiger partial charge in [-0.2, -0.15) is 0 Å². The number of nitrogens with zero attached hydrogens (tertiary/aromatic N) is 2. The molecule has 0 aliphatic carbocycles. The van der Waals surface area contributed by atoms with E-state index in [-0.39, 0.29) is 0 Å². The molecule has 0 saturated carbocycles. The number of nitrogens with one attached hydrogen (secondary N) is 1. The first-order valence-electron chi connectivity index (χ1n) is 4.89. The van der Waals surface area contributed by atoms with Crippen molar-refractivity contribution in [1.29, 1.82) is 0 Å².